The Balaban J connectivity index is 1.58. The van der Waals surface area contributed by atoms with E-state index in [0.717, 1.165) is 5.56 Å². The fourth-order valence-electron chi connectivity index (χ4n) is 3.64. The Morgan fingerprint density at radius 1 is 1.17 bits per heavy atom. The number of aliphatic hydroxyl groups excluding tert-OH is 1. The summed E-state index contributed by atoms with van der Waals surface area (Å²) in [5, 5.41) is 10.5. The van der Waals surface area contributed by atoms with Crippen molar-refractivity contribution in [2.45, 2.75) is 62.9 Å². The van der Waals surface area contributed by atoms with Crippen LogP contribution in [0.1, 0.15) is 25.8 Å². The third kappa shape index (κ3) is 2.53. The molecule has 23 heavy (non-hydrogen) atoms. The van der Waals surface area contributed by atoms with Crippen molar-refractivity contribution in [1.29, 1.82) is 0 Å². The molecule has 2 heterocycles. The van der Waals surface area contributed by atoms with Gasteiger partial charge in [0.1, 0.15) is 17.8 Å². The minimum atomic E-state index is -0.888. The summed E-state index contributed by atoms with van der Waals surface area (Å²) in [5.41, 5.74) is 0.182. The fraction of sp³-hybridized carbons (Fsp3) is 0.556. The molecule has 0 saturated carbocycles. The molecule has 124 valence electrons. The number of hydrogen-bond acceptors (Lipinski definition) is 5. The van der Waals surface area contributed by atoms with Crippen LogP contribution in [0.3, 0.4) is 0 Å². The molecule has 0 radical (unpaired) electrons. The van der Waals surface area contributed by atoms with Crippen LogP contribution in [0.25, 0.3) is 0 Å². The van der Waals surface area contributed by atoms with Crippen molar-refractivity contribution in [2.24, 2.45) is 0 Å². The Morgan fingerprint density at radius 3 is 2.65 bits per heavy atom. The average Bonchev–Trinajstić information content (AvgIpc) is 3.10. The van der Waals surface area contributed by atoms with Crippen LogP contribution in [-0.4, -0.2) is 41.1 Å². The average molecular weight is 318 g/mol. The predicted molar refractivity (Wildman–Crippen MR) is 82.4 cm³/mol. The van der Waals surface area contributed by atoms with Gasteiger partial charge in [-0.15, -0.1) is 0 Å². The van der Waals surface area contributed by atoms with Gasteiger partial charge in [-0.1, -0.05) is 42.5 Å². The molecule has 2 aliphatic heterocycles. The van der Waals surface area contributed by atoms with E-state index in [1.807, 2.05) is 56.3 Å². The van der Waals surface area contributed by atoms with Crippen molar-refractivity contribution in [3.05, 3.63) is 48.0 Å². The molecule has 0 aromatic heterocycles. The second-order valence-corrected chi connectivity index (χ2v) is 6.81. The normalized spacial score (nSPS) is 40.8. The Hall–Kier alpha value is -1.24. The van der Waals surface area contributed by atoms with E-state index in [1.165, 1.54) is 0 Å². The van der Waals surface area contributed by atoms with E-state index in [0.29, 0.717) is 13.0 Å². The Morgan fingerprint density at radius 2 is 1.96 bits per heavy atom. The Kier molecular flexibility index (Phi) is 3.59. The summed E-state index contributed by atoms with van der Waals surface area (Å²) in [6.07, 6.45) is 2.43. The van der Waals surface area contributed by atoms with E-state index in [-0.39, 0.29) is 6.10 Å². The topological polar surface area (TPSA) is 57.2 Å². The first kappa shape index (κ1) is 15.3. The van der Waals surface area contributed by atoms with Crippen molar-refractivity contribution in [2.75, 3.05) is 0 Å². The third-order valence-electron chi connectivity index (χ3n) is 4.68. The molecule has 4 rings (SSSR count). The molecule has 5 heteroatoms. The summed E-state index contributed by atoms with van der Waals surface area (Å²) in [4.78, 5) is 0. The molecule has 5 atom stereocenters. The molecular weight excluding hydrogens is 296 g/mol. The summed E-state index contributed by atoms with van der Waals surface area (Å²) in [6.45, 7) is 4.15. The van der Waals surface area contributed by atoms with Gasteiger partial charge in [-0.25, -0.2) is 0 Å². The van der Waals surface area contributed by atoms with Gasteiger partial charge in [-0.05, 0) is 25.8 Å². The number of benzene rings is 1. The molecule has 2 saturated heterocycles. The monoisotopic (exact) mass is 318 g/mol. The molecule has 1 spiro atoms. The van der Waals surface area contributed by atoms with E-state index in [1.54, 1.807) is 0 Å². The number of ether oxygens (including phenoxy) is 4. The quantitative estimate of drug-likeness (QED) is 0.865. The number of hydrogen-bond donors (Lipinski definition) is 1. The summed E-state index contributed by atoms with van der Waals surface area (Å²) in [5.74, 6) is -0.710. The fourth-order valence-corrected chi connectivity index (χ4v) is 3.64. The maximum atomic E-state index is 10.5. The summed E-state index contributed by atoms with van der Waals surface area (Å²) in [7, 11) is 0. The zero-order chi connectivity index (χ0) is 16.1. The lowest BCUT2D eigenvalue weighted by Crippen LogP contribution is -2.51. The van der Waals surface area contributed by atoms with Crippen LogP contribution in [0.5, 0.6) is 0 Å². The number of fused-ring (bicyclic) bond motifs is 1. The maximum Gasteiger partial charge on any atom is 0.191 e. The smallest absolute Gasteiger partial charge is 0.191 e. The van der Waals surface area contributed by atoms with Crippen molar-refractivity contribution in [3.8, 4) is 0 Å². The predicted octanol–water partition coefficient (Wildman–Crippen LogP) is 2.14. The molecule has 5 nitrogen and oxygen atoms in total. The van der Waals surface area contributed by atoms with Gasteiger partial charge < -0.3 is 24.1 Å². The van der Waals surface area contributed by atoms with E-state index < -0.39 is 29.9 Å². The van der Waals surface area contributed by atoms with Gasteiger partial charge in [0.15, 0.2) is 12.1 Å². The highest BCUT2D eigenvalue weighted by Crippen LogP contribution is 2.48. The van der Waals surface area contributed by atoms with Crippen LogP contribution >= 0.6 is 0 Å². The highest BCUT2D eigenvalue weighted by atomic mass is 16.8. The van der Waals surface area contributed by atoms with E-state index >= 15 is 0 Å². The summed E-state index contributed by atoms with van der Waals surface area (Å²) in [6, 6.07) is 9.95. The van der Waals surface area contributed by atoms with Gasteiger partial charge in [0.25, 0.3) is 0 Å². The highest BCUT2D eigenvalue weighted by Gasteiger charge is 2.64. The Labute approximate surface area is 135 Å². The lowest BCUT2D eigenvalue weighted by Gasteiger charge is -2.35. The molecule has 1 N–H and O–H groups in total. The van der Waals surface area contributed by atoms with E-state index in [9.17, 15) is 5.11 Å². The summed E-state index contributed by atoms with van der Waals surface area (Å²) < 4.78 is 24.0. The standard InChI is InChI=1S/C18H22O5/c1-17(2)21-14-15(20-11-12-7-4-3-5-8-12)18(23-16(14)22-17)10-6-9-13(18)19/h3-8,10,13-16,19H,9,11H2,1-2H3/t13-,14+,15+,16-,18-/m0/s1. The first-order valence-electron chi connectivity index (χ1n) is 8.05. The number of aliphatic hydroxyl groups is 1. The minimum Gasteiger partial charge on any atom is -0.389 e. The number of rotatable bonds is 3. The van der Waals surface area contributed by atoms with Crippen molar-refractivity contribution in [3.63, 3.8) is 0 Å². The van der Waals surface area contributed by atoms with Gasteiger partial charge in [-0.2, -0.15) is 0 Å². The van der Waals surface area contributed by atoms with Crippen LogP contribution in [0.2, 0.25) is 0 Å². The van der Waals surface area contributed by atoms with Crippen LogP contribution in [0, 0.1) is 0 Å². The van der Waals surface area contributed by atoms with Gasteiger partial charge in [0.05, 0.1) is 12.7 Å². The molecular formula is C18H22O5. The van der Waals surface area contributed by atoms with Crippen LogP contribution in [0.4, 0.5) is 0 Å². The molecule has 2 fully saturated rings. The molecule has 0 amide bonds. The Bertz CT molecular complexity index is 599. The van der Waals surface area contributed by atoms with Crippen LogP contribution < -0.4 is 0 Å². The van der Waals surface area contributed by atoms with Crippen LogP contribution in [-0.2, 0) is 25.6 Å². The first-order chi connectivity index (χ1) is 11.0. The van der Waals surface area contributed by atoms with E-state index in [4.69, 9.17) is 18.9 Å². The zero-order valence-corrected chi connectivity index (χ0v) is 13.3. The SMILES string of the molecule is CC1(C)O[C@H]2O[C@]3(C=CC[C@@H]3O)[C@H](OCc3ccccc3)[C@H]2O1. The van der Waals surface area contributed by atoms with Gasteiger partial charge in [0.2, 0.25) is 0 Å². The van der Waals surface area contributed by atoms with E-state index in [2.05, 4.69) is 0 Å². The molecule has 1 aliphatic carbocycles. The second kappa shape index (κ2) is 5.40. The largest absolute Gasteiger partial charge is 0.389 e. The van der Waals surface area contributed by atoms with Gasteiger partial charge >= 0.3 is 0 Å². The zero-order valence-electron chi connectivity index (χ0n) is 13.3. The minimum absolute atomic E-state index is 0.355. The van der Waals surface area contributed by atoms with Crippen molar-refractivity contribution < 1.29 is 24.1 Å². The summed E-state index contributed by atoms with van der Waals surface area (Å²) >= 11 is 0. The first-order valence-corrected chi connectivity index (χ1v) is 8.05. The molecule has 0 bridgehead atoms. The third-order valence-corrected chi connectivity index (χ3v) is 4.68. The lowest BCUT2D eigenvalue weighted by atomic mass is 9.92. The lowest BCUT2D eigenvalue weighted by molar-refractivity contribution is -0.248. The molecule has 0 unspecified atom stereocenters. The van der Waals surface area contributed by atoms with Crippen LogP contribution in [0.15, 0.2) is 42.5 Å². The van der Waals surface area contributed by atoms with Crippen molar-refractivity contribution in [1.82, 2.24) is 0 Å². The molecule has 1 aromatic carbocycles. The van der Waals surface area contributed by atoms with Crippen molar-refractivity contribution >= 4 is 0 Å². The maximum absolute atomic E-state index is 10.5. The van der Waals surface area contributed by atoms with Gasteiger partial charge in [-0.3, -0.25) is 0 Å². The highest BCUT2D eigenvalue weighted by molar-refractivity contribution is 5.24. The molecule has 1 aromatic rings. The van der Waals surface area contributed by atoms with Gasteiger partial charge in [0, 0.05) is 0 Å². The second-order valence-electron chi connectivity index (χ2n) is 6.81. The molecule has 3 aliphatic rings.